The van der Waals surface area contributed by atoms with Crippen LogP contribution in [-0.2, 0) is 4.74 Å². The first-order valence-electron chi connectivity index (χ1n) is 1.57. The summed E-state index contributed by atoms with van der Waals surface area (Å²) in [6.45, 7) is 0. The molecule has 0 aliphatic heterocycles. The molecule has 0 aromatic heterocycles. The summed E-state index contributed by atoms with van der Waals surface area (Å²) >= 11 is 1.89. The van der Waals surface area contributed by atoms with Crippen molar-refractivity contribution in [1.82, 2.24) is 0 Å². The van der Waals surface area contributed by atoms with E-state index in [2.05, 4.69) is 10.5 Å². The Labute approximate surface area is 101 Å². The predicted octanol–water partition coefficient (Wildman–Crippen LogP) is -2.99. The Morgan fingerprint density at radius 2 is 2.22 bits per heavy atom. The van der Waals surface area contributed by atoms with E-state index in [-0.39, 0.29) is 47.0 Å². The van der Waals surface area contributed by atoms with Crippen molar-refractivity contribution in [3.05, 3.63) is 15.8 Å². The molecule has 0 rings (SSSR count). The van der Waals surface area contributed by atoms with Gasteiger partial charge in [-0.2, -0.15) is 0 Å². The number of methoxy groups -OCH3 is 1. The summed E-state index contributed by atoms with van der Waals surface area (Å²) in [6.07, 6.45) is 0. The molecule has 0 N–H and O–H groups in total. The molecule has 0 atom stereocenters. The fourth-order valence-corrected chi connectivity index (χ4v) is 0.358. The molecular weight excluding hydrogens is 358 g/mol. The molecule has 0 aromatic rings. The third-order valence-electron chi connectivity index (χ3n) is 0.358. The van der Waals surface area contributed by atoms with Crippen LogP contribution in [-0.4, -0.2) is 30.2 Å². The monoisotopic (exact) mass is 362 g/mol. The van der Waals surface area contributed by atoms with E-state index in [0.29, 0.717) is 0 Å². The Bertz CT molecular complexity index is 109. The van der Waals surface area contributed by atoms with E-state index in [1.165, 1.54) is 11.2 Å². The van der Waals surface area contributed by atoms with Gasteiger partial charge in [0.15, 0.2) is 0 Å². The van der Waals surface area contributed by atoms with Gasteiger partial charge in [-0.25, -0.2) is 0 Å². The molecule has 0 unspecified atom stereocenters. The standard InChI is InChI=1S/C4H5IO2.HI.Mg/c1-7-4(6)2-3-5;;/h3,6H,1H3;1H;/q;;+2/p-2. The van der Waals surface area contributed by atoms with Crippen LogP contribution in [0.4, 0.5) is 0 Å². The third-order valence-corrected chi connectivity index (χ3v) is 0.669. The molecular formula is C4H4I2MgO2. The molecule has 0 saturated heterocycles. The fourth-order valence-electron chi connectivity index (χ4n) is 0.103. The second kappa shape index (κ2) is 12.1. The van der Waals surface area contributed by atoms with Gasteiger partial charge in [0.25, 0.3) is 0 Å². The number of ether oxygens (including phenoxy) is 1. The summed E-state index contributed by atoms with van der Waals surface area (Å²) in [7, 11) is 1.31. The molecule has 2 nitrogen and oxygen atoms in total. The molecule has 0 amide bonds. The van der Waals surface area contributed by atoms with Crippen LogP contribution in [0.1, 0.15) is 0 Å². The molecule has 9 heavy (non-hydrogen) atoms. The van der Waals surface area contributed by atoms with Gasteiger partial charge < -0.3 is 33.8 Å². The van der Waals surface area contributed by atoms with Gasteiger partial charge in [-0.1, -0.05) is 5.73 Å². The van der Waals surface area contributed by atoms with E-state index in [1.807, 2.05) is 22.6 Å². The first-order chi connectivity index (χ1) is 3.31. The van der Waals surface area contributed by atoms with Crippen molar-refractivity contribution in [1.29, 1.82) is 0 Å². The van der Waals surface area contributed by atoms with Crippen LogP contribution in [0.15, 0.2) is 15.8 Å². The van der Waals surface area contributed by atoms with Crippen LogP contribution in [0.5, 0.6) is 0 Å². The number of rotatable bonds is 1. The maximum absolute atomic E-state index is 10.0. The van der Waals surface area contributed by atoms with Gasteiger partial charge in [0.1, 0.15) is 0 Å². The topological polar surface area (TPSA) is 32.3 Å². The summed E-state index contributed by atoms with van der Waals surface area (Å²) < 4.78 is 5.68. The van der Waals surface area contributed by atoms with E-state index < -0.39 is 5.95 Å². The summed E-state index contributed by atoms with van der Waals surface area (Å²) in [4.78, 5) is 0. The van der Waals surface area contributed by atoms with Crippen molar-refractivity contribution >= 4 is 45.6 Å². The van der Waals surface area contributed by atoms with E-state index in [0.717, 1.165) is 0 Å². The summed E-state index contributed by atoms with van der Waals surface area (Å²) in [5.41, 5.74) is 2.30. The zero-order valence-corrected chi connectivity index (χ0v) is 10.6. The zero-order chi connectivity index (χ0) is 5.70. The number of hydrogen-bond donors (Lipinski definition) is 0. The van der Waals surface area contributed by atoms with Gasteiger partial charge in [-0.15, -0.1) is 0 Å². The van der Waals surface area contributed by atoms with E-state index in [9.17, 15) is 5.11 Å². The van der Waals surface area contributed by atoms with Gasteiger partial charge in [-0.3, -0.25) is 0 Å². The van der Waals surface area contributed by atoms with E-state index in [4.69, 9.17) is 0 Å². The molecule has 0 spiro atoms. The first-order valence-corrected chi connectivity index (χ1v) is 2.82. The average molecular weight is 362 g/mol. The van der Waals surface area contributed by atoms with Crippen molar-refractivity contribution in [2.24, 2.45) is 0 Å². The Morgan fingerprint density at radius 3 is 2.33 bits per heavy atom. The molecule has 5 heteroatoms. The quantitative estimate of drug-likeness (QED) is 0.216. The molecule has 0 fully saturated rings. The van der Waals surface area contributed by atoms with Gasteiger partial charge in [0, 0.05) is 4.08 Å². The Morgan fingerprint density at radius 1 is 1.78 bits per heavy atom. The summed E-state index contributed by atoms with van der Waals surface area (Å²) in [6, 6.07) is 0. The molecule has 48 valence electrons. The number of halogens is 2. The second-order valence-corrected chi connectivity index (χ2v) is 1.37. The van der Waals surface area contributed by atoms with E-state index >= 15 is 0 Å². The first kappa shape index (κ1) is 16.7. The third kappa shape index (κ3) is 12.5. The molecule has 0 aromatic carbocycles. The van der Waals surface area contributed by atoms with Crippen LogP contribution in [0.3, 0.4) is 0 Å². The fraction of sp³-hybridized carbons (Fsp3) is 0.250. The van der Waals surface area contributed by atoms with Gasteiger partial charge in [0.05, 0.1) is 5.95 Å². The minimum atomic E-state index is -0.436. The molecule has 0 bridgehead atoms. The number of hydrogen-bond acceptors (Lipinski definition) is 2. The molecule has 0 aliphatic rings. The Kier molecular flexibility index (Phi) is 22.4. The average Bonchev–Trinajstić information content (AvgIpc) is 1.68. The zero-order valence-electron chi connectivity index (χ0n) is 4.86. The van der Waals surface area contributed by atoms with Crippen molar-refractivity contribution in [3.63, 3.8) is 0 Å². The Balaban J connectivity index is -0.000000180. The maximum atomic E-state index is 10.0. The van der Waals surface area contributed by atoms with Gasteiger partial charge in [0.2, 0.25) is 0 Å². The van der Waals surface area contributed by atoms with Crippen LogP contribution in [0.25, 0.3) is 0 Å². The maximum Gasteiger partial charge on any atom is 2.00 e. The van der Waals surface area contributed by atoms with Gasteiger partial charge in [-0.05, 0) is 29.7 Å². The smallest absolute Gasteiger partial charge is 1.00 e. The van der Waals surface area contributed by atoms with Crippen molar-refractivity contribution in [2.45, 2.75) is 0 Å². The predicted molar refractivity (Wildman–Crippen MR) is 38.4 cm³/mol. The molecule has 0 saturated carbocycles. The SMILES string of the molecule is COC([O-])=C=CI.[I-].[Mg+2]. The van der Waals surface area contributed by atoms with Crippen LogP contribution in [0, 0.1) is 0 Å². The Hall–Kier alpha value is 1.35. The van der Waals surface area contributed by atoms with Crippen molar-refractivity contribution in [3.8, 4) is 0 Å². The minimum Gasteiger partial charge on any atom is -1.00 e. The minimum absolute atomic E-state index is 0. The van der Waals surface area contributed by atoms with Crippen LogP contribution >= 0.6 is 22.6 Å². The summed E-state index contributed by atoms with van der Waals surface area (Å²) in [5.74, 6) is -0.436. The van der Waals surface area contributed by atoms with Crippen LogP contribution < -0.4 is 29.1 Å². The normalized spacial score (nSPS) is 5.11. The molecule has 0 heterocycles. The largest absolute Gasteiger partial charge is 2.00 e. The van der Waals surface area contributed by atoms with Crippen LogP contribution in [0.2, 0.25) is 0 Å². The second-order valence-electron chi connectivity index (χ2n) is 0.745. The summed E-state index contributed by atoms with van der Waals surface area (Å²) in [5, 5.41) is 10.0. The molecule has 0 radical (unpaired) electrons. The van der Waals surface area contributed by atoms with Crippen molar-refractivity contribution < 1.29 is 33.8 Å². The van der Waals surface area contributed by atoms with Crippen molar-refractivity contribution in [2.75, 3.05) is 7.11 Å². The van der Waals surface area contributed by atoms with Gasteiger partial charge >= 0.3 is 23.1 Å². The van der Waals surface area contributed by atoms with E-state index in [1.54, 1.807) is 0 Å². The molecule has 0 aliphatic carbocycles.